The summed E-state index contributed by atoms with van der Waals surface area (Å²) in [5, 5.41) is 5.35. The first-order valence-corrected chi connectivity index (χ1v) is 9.75. The zero-order chi connectivity index (χ0) is 14.9. The highest BCUT2D eigenvalue weighted by atomic mass is 35.5. The first-order chi connectivity index (χ1) is 10.8. The molecule has 0 unspecified atom stereocenters. The van der Waals surface area contributed by atoms with Gasteiger partial charge in [-0.1, -0.05) is 32.1 Å². The molecule has 5 heteroatoms. The van der Waals surface area contributed by atoms with Crippen LogP contribution in [0.5, 0.6) is 0 Å². The molecule has 2 heterocycles. The molecular weight excluding hydrogens is 314 g/mol. The topological polar surface area (TPSA) is 37.8 Å². The van der Waals surface area contributed by atoms with Gasteiger partial charge in [-0.3, -0.25) is 0 Å². The maximum atomic E-state index is 6.17. The molecule has 0 bridgehead atoms. The number of aromatic nitrogens is 2. The quantitative estimate of drug-likeness (QED) is 0.751. The Morgan fingerprint density at radius 2 is 1.73 bits per heavy atom. The van der Waals surface area contributed by atoms with E-state index in [2.05, 4.69) is 15.3 Å². The highest BCUT2D eigenvalue weighted by Crippen LogP contribution is 2.40. The summed E-state index contributed by atoms with van der Waals surface area (Å²) in [6.07, 6.45) is 12.9. The number of hydrogen-bond donors (Lipinski definition) is 1. The van der Waals surface area contributed by atoms with Crippen molar-refractivity contribution < 1.29 is 0 Å². The molecule has 0 saturated heterocycles. The summed E-state index contributed by atoms with van der Waals surface area (Å²) in [6.45, 7) is 0. The Hall–Kier alpha value is -0.870. The van der Waals surface area contributed by atoms with Crippen molar-refractivity contribution in [1.29, 1.82) is 0 Å². The zero-order valence-corrected chi connectivity index (χ0v) is 14.4. The molecule has 0 spiro atoms. The van der Waals surface area contributed by atoms with Gasteiger partial charge in [-0.05, 0) is 49.3 Å². The van der Waals surface area contributed by atoms with Gasteiger partial charge in [0, 0.05) is 10.9 Å². The van der Waals surface area contributed by atoms with E-state index >= 15 is 0 Å². The standard InChI is InChI=1S/C17H22ClN3S/c18-17-20-15(19-11-7-4-2-1-3-5-8-11)14-12-9-6-10-13(12)22-16(14)21-17/h11H,1-10H2,(H,19,20,21). The minimum atomic E-state index is 0.376. The molecule has 1 N–H and O–H groups in total. The highest BCUT2D eigenvalue weighted by molar-refractivity contribution is 7.19. The predicted octanol–water partition coefficient (Wildman–Crippen LogP) is 5.36. The number of fused-ring (bicyclic) bond motifs is 3. The lowest BCUT2D eigenvalue weighted by Crippen LogP contribution is -2.21. The summed E-state index contributed by atoms with van der Waals surface area (Å²) in [7, 11) is 0. The first kappa shape index (κ1) is 14.7. The third kappa shape index (κ3) is 2.83. The Labute approximate surface area is 140 Å². The Morgan fingerprint density at radius 3 is 2.55 bits per heavy atom. The van der Waals surface area contributed by atoms with E-state index < -0.39 is 0 Å². The zero-order valence-electron chi connectivity index (χ0n) is 12.8. The number of halogens is 1. The number of nitrogens with zero attached hydrogens (tertiary/aromatic N) is 2. The molecule has 0 radical (unpaired) electrons. The van der Waals surface area contributed by atoms with Crippen molar-refractivity contribution in [2.75, 3.05) is 5.32 Å². The minimum Gasteiger partial charge on any atom is -0.367 e. The fourth-order valence-electron chi connectivity index (χ4n) is 3.87. The monoisotopic (exact) mass is 335 g/mol. The molecule has 1 saturated carbocycles. The molecule has 2 aliphatic rings. The molecule has 0 aliphatic heterocycles. The van der Waals surface area contributed by atoms with Crippen molar-refractivity contribution in [3.8, 4) is 0 Å². The average molecular weight is 336 g/mol. The van der Waals surface area contributed by atoms with Gasteiger partial charge in [0.2, 0.25) is 5.28 Å². The van der Waals surface area contributed by atoms with Crippen LogP contribution in [0.3, 0.4) is 0 Å². The molecule has 0 amide bonds. The molecule has 0 atom stereocenters. The predicted molar refractivity (Wildman–Crippen MR) is 94.2 cm³/mol. The summed E-state index contributed by atoms with van der Waals surface area (Å²) in [5.74, 6) is 0.986. The highest BCUT2D eigenvalue weighted by Gasteiger charge is 2.23. The summed E-state index contributed by atoms with van der Waals surface area (Å²) in [4.78, 5) is 11.6. The Balaban J connectivity index is 1.67. The van der Waals surface area contributed by atoms with E-state index in [4.69, 9.17) is 11.6 Å². The number of aryl methyl sites for hydroxylation is 2. The van der Waals surface area contributed by atoms with Crippen LogP contribution in [0.1, 0.15) is 61.8 Å². The maximum absolute atomic E-state index is 6.17. The van der Waals surface area contributed by atoms with Crippen LogP contribution in [0.4, 0.5) is 5.82 Å². The molecule has 4 rings (SSSR count). The largest absolute Gasteiger partial charge is 0.367 e. The molecular formula is C17H22ClN3S. The lowest BCUT2D eigenvalue weighted by molar-refractivity contribution is 0.471. The van der Waals surface area contributed by atoms with Gasteiger partial charge in [-0.15, -0.1) is 11.3 Å². The van der Waals surface area contributed by atoms with Crippen LogP contribution in [0.15, 0.2) is 0 Å². The number of hydrogen-bond acceptors (Lipinski definition) is 4. The summed E-state index contributed by atoms with van der Waals surface area (Å²) in [6, 6.07) is 0.534. The normalized spacial score (nSPS) is 19.9. The average Bonchev–Trinajstić information content (AvgIpc) is 3.01. The third-order valence-corrected chi connectivity index (χ3v) is 6.34. The van der Waals surface area contributed by atoms with Crippen LogP contribution >= 0.6 is 22.9 Å². The lowest BCUT2D eigenvalue weighted by atomic mass is 9.96. The third-order valence-electron chi connectivity index (χ3n) is 4.98. The van der Waals surface area contributed by atoms with Crippen molar-refractivity contribution in [1.82, 2.24) is 9.97 Å². The van der Waals surface area contributed by atoms with Crippen LogP contribution in [0, 0.1) is 0 Å². The van der Waals surface area contributed by atoms with Crippen LogP contribution in [-0.2, 0) is 12.8 Å². The van der Waals surface area contributed by atoms with Crippen molar-refractivity contribution in [3.63, 3.8) is 0 Å². The van der Waals surface area contributed by atoms with E-state index in [1.165, 1.54) is 80.0 Å². The van der Waals surface area contributed by atoms with Crippen molar-refractivity contribution in [2.45, 2.75) is 70.3 Å². The first-order valence-electron chi connectivity index (χ1n) is 8.55. The summed E-state index contributed by atoms with van der Waals surface area (Å²) in [5.41, 5.74) is 1.48. The molecule has 2 aromatic heterocycles. The second-order valence-corrected chi connectivity index (χ2v) is 7.99. The molecule has 2 aromatic rings. The Kier molecular flexibility index (Phi) is 4.23. The SMILES string of the molecule is Clc1nc(NC2CCCCCCC2)c2c3c(sc2n1)CCC3. The van der Waals surface area contributed by atoms with Gasteiger partial charge >= 0.3 is 0 Å². The van der Waals surface area contributed by atoms with E-state index in [0.29, 0.717) is 11.3 Å². The second-order valence-electron chi connectivity index (χ2n) is 6.57. The van der Waals surface area contributed by atoms with Gasteiger partial charge in [0.25, 0.3) is 0 Å². The van der Waals surface area contributed by atoms with Gasteiger partial charge in [0.15, 0.2) is 0 Å². The van der Waals surface area contributed by atoms with Gasteiger partial charge in [0.05, 0.1) is 5.39 Å². The van der Waals surface area contributed by atoms with Gasteiger partial charge in [-0.2, -0.15) is 0 Å². The number of rotatable bonds is 2. The van der Waals surface area contributed by atoms with Crippen molar-refractivity contribution >= 4 is 39.0 Å². The number of nitrogens with one attached hydrogen (secondary N) is 1. The molecule has 2 aliphatic carbocycles. The maximum Gasteiger partial charge on any atom is 0.225 e. The molecule has 0 aromatic carbocycles. The second kappa shape index (κ2) is 6.32. The molecule has 118 valence electrons. The smallest absolute Gasteiger partial charge is 0.225 e. The summed E-state index contributed by atoms with van der Waals surface area (Å²) < 4.78 is 0. The molecule has 1 fully saturated rings. The van der Waals surface area contributed by atoms with Gasteiger partial charge in [0.1, 0.15) is 10.6 Å². The van der Waals surface area contributed by atoms with Crippen LogP contribution in [0.25, 0.3) is 10.2 Å². The van der Waals surface area contributed by atoms with Crippen molar-refractivity contribution in [2.24, 2.45) is 0 Å². The Bertz CT molecular complexity index is 674. The number of thiophene rings is 1. The van der Waals surface area contributed by atoms with Crippen LogP contribution in [0.2, 0.25) is 5.28 Å². The van der Waals surface area contributed by atoms with Crippen molar-refractivity contribution in [3.05, 3.63) is 15.7 Å². The van der Waals surface area contributed by atoms with E-state index in [9.17, 15) is 0 Å². The molecule has 3 nitrogen and oxygen atoms in total. The van der Waals surface area contributed by atoms with E-state index in [-0.39, 0.29) is 0 Å². The van der Waals surface area contributed by atoms with E-state index in [1.807, 2.05) is 11.3 Å². The fourth-order valence-corrected chi connectivity index (χ4v) is 5.35. The number of anilines is 1. The van der Waals surface area contributed by atoms with Crippen LogP contribution in [-0.4, -0.2) is 16.0 Å². The molecule has 22 heavy (non-hydrogen) atoms. The lowest BCUT2D eigenvalue weighted by Gasteiger charge is -2.22. The Morgan fingerprint density at radius 1 is 0.955 bits per heavy atom. The van der Waals surface area contributed by atoms with E-state index in [1.54, 1.807) is 0 Å². The minimum absolute atomic E-state index is 0.376. The summed E-state index contributed by atoms with van der Waals surface area (Å²) >= 11 is 7.98. The van der Waals surface area contributed by atoms with Crippen LogP contribution < -0.4 is 5.32 Å². The van der Waals surface area contributed by atoms with Gasteiger partial charge in [-0.25, -0.2) is 9.97 Å². The van der Waals surface area contributed by atoms with Gasteiger partial charge < -0.3 is 5.32 Å². The fraction of sp³-hybridized carbons (Fsp3) is 0.647. The van der Waals surface area contributed by atoms with E-state index in [0.717, 1.165) is 10.6 Å².